The van der Waals surface area contributed by atoms with Crippen molar-refractivity contribution in [3.8, 4) is 0 Å². The van der Waals surface area contributed by atoms with Crippen LogP contribution in [0.3, 0.4) is 0 Å². The molecule has 1 heterocycles. The van der Waals surface area contributed by atoms with E-state index in [1.54, 1.807) is 20.0 Å². The first kappa shape index (κ1) is 13.3. The Labute approximate surface area is 102 Å². The Balaban J connectivity index is 2.79. The lowest BCUT2D eigenvalue weighted by atomic mass is 10.2. The van der Waals surface area contributed by atoms with Crippen LogP contribution < -0.4 is 0 Å². The fraction of sp³-hybridized carbons (Fsp3) is 0.500. The van der Waals surface area contributed by atoms with Crippen molar-refractivity contribution in [2.45, 2.75) is 35.8 Å². The highest BCUT2D eigenvalue weighted by atomic mass is 32.2. The number of aldehydes is 1. The summed E-state index contributed by atoms with van der Waals surface area (Å²) in [6.45, 7) is 4.66. The van der Waals surface area contributed by atoms with E-state index in [-0.39, 0.29) is 5.78 Å². The molecule has 0 amide bonds. The highest BCUT2D eigenvalue weighted by molar-refractivity contribution is 8.03. The van der Waals surface area contributed by atoms with Crippen molar-refractivity contribution < 1.29 is 14.7 Å². The first-order chi connectivity index (χ1) is 7.34. The molecular weight excluding hydrogens is 246 g/mol. The van der Waals surface area contributed by atoms with E-state index in [0.29, 0.717) is 11.3 Å². The van der Waals surface area contributed by atoms with E-state index in [4.69, 9.17) is 0 Å². The Morgan fingerprint density at radius 3 is 2.69 bits per heavy atom. The van der Waals surface area contributed by atoms with E-state index in [0.717, 1.165) is 16.0 Å². The van der Waals surface area contributed by atoms with Gasteiger partial charge in [0.2, 0.25) is 0 Å². The van der Waals surface area contributed by atoms with E-state index in [2.05, 4.69) is 4.98 Å². The predicted octanol–water partition coefficient (Wildman–Crippen LogP) is 1.62. The lowest BCUT2D eigenvalue weighted by Gasteiger charge is -2.12. The van der Waals surface area contributed by atoms with Crippen LogP contribution in [0.5, 0.6) is 0 Å². The first-order valence-electron chi connectivity index (χ1n) is 4.65. The van der Waals surface area contributed by atoms with Crippen LogP contribution in [0.25, 0.3) is 0 Å². The number of hydrogen-bond donors (Lipinski definition) is 1. The largest absolute Gasteiger partial charge is 0.383 e. The minimum atomic E-state index is -0.990. The molecule has 0 radical (unpaired) electrons. The molecule has 0 bridgehead atoms. The SMILES string of the molecule is CC(=O)C(C=O)Sc1cnc(C(C)(C)O)s1. The van der Waals surface area contributed by atoms with Gasteiger partial charge >= 0.3 is 0 Å². The molecule has 6 heteroatoms. The fourth-order valence-corrected chi connectivity index (χ4v) is 2.91. The zero-order chi connectivity index (χ0) is 12.3. The smallest absolute Gasteiger partial charge is 0.150 e. The van der Waals surface area contributed by atoms with Gasteiger partial charge in [-0.15, -0.1) is 11.3 Å². The maximum Gasteiger partial charge on any atom is 0.150 e. The second kappa shape index (κ2) is 5.07. The third-order valence-corrected chi connectivity index (χ3v) is 4.45. The molecule has 1 aromatic heterocycles. The maximum absolute atomic E-state index is 11.1. The number of aromatic nitrogens is 1. The van der Waals surface area contributed by atoms with Gasteiger partial charge in [-0.1, -0.05) is 11.8 Å². The van der Waals surface area contributed by atoms with Crippen molar-refractivity contribution in [2.75, 3.05) is 0 Å². The molecule has 0 saturated heterocycles. The number of Topliss-reactive ketones (excluding diaryl/α,β-unsaturated/α-hetero) is 1. The summed E-state index contributed by atoms with van der Waals surface area (Å²) in [4.78, 5) is 25.8. The average Bonchev–Trinajstić information content (AvgIpc) is 2.61. The van der Waals surface area contributed by atoms with Gasteiger partial charge in [0.1, 0.15) is 27.9 Å². The molecule has 0 aliphatic carbocycles. The monoisotopic (exact) mass is 259 g/mol. The fourth-order valence-electron chi connectivity index (χ4n) is 0.928. The van der Waals surface area contributed by atoms with Crippen LogP contribution in [0.4, 0.5) is 0 Å². The normalized spacial score (nSPS) is 13.5. The van der Waals surface area contributed by atoms with E-state index in [1.165, 1.54) is 18.3 Å². The molecule has 0 aliphatic rings. The predicted molar refractivity (Wildman–Crippen MR) is 63.7 cm³/mol. The van der Waals surface area contributed by atoms with Crippen molar-refractivity contribution in [3.63, 3.8) is 0 Å². The number of thioether (sulfide) groups is 1. The van der Waals surface area contributed by atoms with Crippen LogP contribution >= 0.6 is 23.1 Å². The molecule has 1 atom stereocenters. The maximum atomic E-state index is 11.1. The van der Waals surface area contributed by atoms with Crippen LogP contribution in [0.1, 0.15) is 25.8 Å². The Bertz CT molecular complexity index is 395. The Morgan fingerprint density at radius 1 is 1.69 bits per heavy atom. The number of ketones is 1. The molecule has 1 N–H and O–H groups in total. The number of rotatable bonds is 5. The van der Waals surface area contributed by atoms with Crippen molar-refractivity contribution >= 4 is 35.2 Å². The lowest BCUT2D eigenvalue weighted by Crippen LogP contribution is -2.14. The van der Waals surface area contributed by atoms with Gasteiger partial charge in [0, 0.05) is 0 Å². The van der Waals surface area contributed by atoms with Gasteiger partial charge in [0.15, 0.2) is 0 Å². The molecule has 1 unspecified atom stereocenters. The van der Waals surface area contributed by atoms with E-state index < -0.39 is 10.9 Å². The Hall–Kier alpha value is -0.720. The number of carbonyl (C=O) groups excluding carboxylic acids is 2. The lowest BCUT2D eigenvalue weighted by molar-refractivity contribution is -0.119. The summed E-state index contributed by atoms with van der Waals surface area (Å²) >= 11 is 2.45. The van der Waals surface area contributed by atoms with Crippen molar-refractivity contribution in [1.82, 2.24) is 4.98 Å². The van der Waals surface area contributed by atoms with Gasteiger partial charge < -0.3 is 9.90 Å². The number of aliphatic hydroxyl groups is 1. The van der Waals surface area contributed by atoms with Crippen molar-refractivity contribution in [2.24, 2.45) is 0 Å². The molecule has 16 heavy (non-hydrogen) atoms. The highest BCUT2D eigenvalue weighted by Crippen LogP contribution is 2.32. The number of thiazole rings is 1. The number of hydrogen-bond acceptors (Lipinski definition) is 6. The van der Waals surface area contributed by atoms with Crippen molar-refractivity contribution in [3.05, 3.63) is 11.2 Å². The van der Waals surface area contributed by atoms with Crippen LogP contribution in [0, 0.1) is 0 Å². The zero-order valence-corrected chi connectivity index (χ0v) is 10.9. The van der Waals surface area contributed by atoms with Crippen molar-refractivity contribution in [1.29, 1.82) is 0 Å². The van der Waals surface area contributed by atoms with Gasteiger partial charge in [-0.05, 0) is 20.8 Å². The minimum absolute atomic E-state index is 0.182. The first-order valence-corrected chi connectivity index (χ1v) is 6.35. The van der Waals surface area contributed by atoms with Gasteiger partial charge in [-0.25, -0.2) is 4.98 Å². The standard InChI is InChI=1S/C10H13NO3S2/c1-6(13)7(5-12)15-8-4-11-9(16-8)10(2,3)14/h4-5,7,14H,1-3H3. The zero-order valence-electron chi connectivity index (χ0n) is 9.26. The van der Waals surface area contributed by atoms with Gasteiger partial charge in [0.25, 0.3) is 0 Å². The van der Waals surface area contributed by atoms with Gasteiger partial charge in [-0.2, -0.15) is 0 Å². The number of carbonyl (C=O) groups is 2. The minimum Gasteiger partial charge on any atom is -0.383 e. The van der Waals surface area contributed by atoms with Crippen LogP contribution in [0.2, 0.25) is 0 Å². The molecule has 0 fully saturated rings. The molecular formula is C10H13NO3S2. The summed E-state index contributed by atoms with van der Waals surface area (Å²) in [5, 5.41) is 9.59. The van der Waals surface area contributed by atoms with Gasteiger partial charge in [0.05, 0.1) is 10.4 Å². The van der Waals surface area contributed by atoms with Crippen LogP contribution in [-0.2, 0) is 15.2 Å². The third kappa shape index (κ3) is 3.40. The molecule has 0 saturated carbocycles. The molecule has 1 rings (SSSR count). The summed E-state index contributed by atoms with van der Waals surface area (Å²) < 4.78 is 0.754. The quantitative estimate of drug-likeness (QED) is 0.494. The Kier molecular flexibility index (Phi) is 4.23. The molecule has 88 valence electrons. The van der Waals surface area contributed by atoms with E-state index in [1.807, 2.05) is 0 Å². The molecule has 0 aliphatic heterocycles. The summed E-state index contributed by atoms with van der Waals surface area (Å²) in [5.41, 5.74) is -0.990. The molecule has 4 nitrogen and oxygen atoms in total. The molecule has 1 aromatic rings. The second-order valence-electron chi connectivity index (χ2n) is 3.83. The average molecular weight is 259 g/mol. The summed E-state index contributed by atoms with van der Waals surface area (Å²) in [6, 6.07) is 0. The Morgan fingerprint density at radius 2 is 2.31 bits per heavy atom. The van der Waals surface area contributed by atoms with E-state index >= 15 is 0 Å². The summed E-state index contributed by atoms with van der Waals surface area (Å²) in [6.07, 6.45) is 2.19. The summed E-state index contributed by atoms with van der Waals surface area (Å²) in [5.74, 6) is -0.182. The molecule has 0 spiro atoms. The number of nitrogens with zero attached hydrogens (tertiary/aromatic N) is 1. The molecule has 0 aromatic carbocycles. The van der Waals surface area contributed by atoms with E-state index in [9.17, 15) is 14.7 Å². The summed E-state index contributed by atoms with van der Waals surface area (Å²) in [7, 11) is 0. The van der Waals surface area contributed by atoms with Gasteiger partial charge in [-0.3, -0.25) is 4.79 Å². The van der Waals surface area contributed by atoms with Crippen LogP contribution in [0.15, 0.2) is 10.4 Å². The highest BCUT2D eigenvalue weighted by Gasteiger charge is 2.22. The topological polar surface area (TPSA) is 67.3 Å². The third-order valence-electron chi connectivity index (χ3n) is 1.78. The second-order valence-corrected chi connectivity index (χ2v) is 6.30. The van der Waals surface area contributed by atoms with Crippen LogP contribution in [-0.4, -0.2) is 27.4 Å².